The molecule has 0 saturated carbocycles. The Balaban J connectivity index is 3.09. The molecule has 3 N–H and O–H groups in total. The van der Waals surface area contributed by atoms with Crippen LogP contribution in [0.15, 0.2) is 11.6 Å². The molecule has 0 spiro atoms. The van der Waals surface area contributed by atoms with Gasteiger partial charge in [0.25, 0.3) is 0 Å². The zero-order valence-electron chi connectivity index (χ0n) is 16.4. The zero-order chi connectivity index (χ0) is 20.4. The molecule has 2 unspecified atom stereocenters. The van der Waals surface area contributed by atoms with E-state index in [2.05, 4.69) is 0 Å². The molecule has 0 fully saturated rings. The minimum absolute atomic E-state index is 0.171. The first kappa shape index (κ1) is 21.8. The quantitative estimate of drug-likeness (QED) is 0.435. The highest BCUT2D eigenvalue weighted by Gasteiger charge is 2.40. The van der Waals surface area contributed by atoms with Crippen LogP contribution in [0.2, 0.25) is 0 Å². The lowest BCUT2D eigenvalue weighted by molar-refractivity contribution is -0.128. The van der Waals surface area contributed by atoms with Crippen LogP contribution in [-0.2, 0) is 14.3 Å². The zero-order valence-corrected chi connectivity index (χ0v) is 16.4. The molecule has 0 aromatic carbocycles. The average molecular weight is 371 g/mol. The summed E-state index contributed by atoms with van der Waals surface area (Å²) in [6, 6.07) is -1.93. The number of primary amides is 1. The highest BCUT2D eigenvalue weighted by atomic mass is 16.6. The Morgan fingerprint density at radius 3 is 2.08 bits per heavy atom. The summed E-state index contributed by atoms with van der Waals surface area (Å²) in [5.74, 6) is -0.732. The van der Waals surface area contributed by atoms with Crippen LogP contribution in [0.25, 0.3) is 0 Å². The molecule has 26 heavy (non-hydrogen) atoms. The normalized spacial score (nSPS) is 20.9. The monoisotopic (exact) mass is 371 g/mol. The third kappa shape index (κ3) is 5.91. The van der Waals surface area contributed by atoms with E-state index in [0.717, 1.165) is 4.90 Å². The van der Waals surface area contributed by atoms with Crippen molar-refractivity contribution in [1.82, 2.24) is 9.96 Å². The van der Waals surface area contributed by atoms with E-state index in [-0.39, 0.29) is 6.54 Å². The summed E-state index contributed by atoms with van der Waals surface area (Å²) in [4.78, 5) is 37.5. The number of nitrogens with two attached hydrogens (primary N) is 1. The maximum absolute atomic E-state index is 12.5. The van der Waals surface area contributed by atoms with E-state index < -0.39 is 41.4 Å². The van der Waals surface area contributed by atoms with Crippen molar-refractivity contribution >= 4 is 18.1 Å². The van der Waals surface area contributed by atoms with Gasteiger partial charge in [-0.2, -0.15) is 5.06 Å². The van der Waals surface area contributed by atoms with Crippen LogP contribution in [0.1, 0.15) is 48.5 Å². The van der Waals surface area contributed by atoms with E-state index >= 15 is 0 Å². The molecule has 1 heterocycles. The van der Waals surface area contributed by atoms with E-state index in [1.165, 1.54) is 6.08 Å². The predicted molar refractivity (Wildman–Crippen MR) is 93.3 cm³/mol. The molecule has 0 aliphatic carbocycles. The van der Waals surface area contributed by atoms with Crippen molar-refractivity contribution < 1.29 is 29.1 Å². The number of hydrogen-bond acceptors (Lipinski definition) is 6. The lowest BCUT2D eigenvalue weighted by Gasteiger charge is -2.39. The van der Waals surface area contributed by atoms with Gasteiger partial charge in [-0.05, 0) is 54.0 Å². The second-order valence-corrected chi connectivity index (χ2v) is 8.24. The Labute approximate surface area is 153 Å². The van der Waals surface area contributed by atoms with Gasteiger partial charge in [-0.1, -0.05) is 6.08 Å². The third-order valence-electron chi connectivity index (χ3n) is 3.37. The Bertz CT molecular complexity index is 603. The fourth-order valence-electron chi connectivity index (χ4n) is 2.47. The summed E-state index contributed by atoms with van der Waals surface area (Å²) >= 11 is 0. The summed E-state index contributed by atoms with van der Waals surface area (Å²) < 4.78 is 10.4. The van der Waals surface area contributed by atoms with Gasteiger partial charge in [0.1, 0.15) is 17.2 Å². The van der Waals surface area contributed by atoms with Gasteiger partial charge in [0.2, 0.25) is 5.91 Å². The molecule has 0 aromatic rings. The van der Waals surface area contributed by atoms with Crippen LogP contribution in [-0.4, -0.2) is 63.1 Å². The molecule has 9 nitrogen and oxygen atoms in total. The van der Waals surface area contributed by atoms with Crippen LogP contribution in [0.5, 0.6) is 0 Å². The van der Waals surface area contributed by atoms with Crippen LogP contribution in [0.3, 0.4) is 0 Å². The smallest absolute Gasteiger partial charge is 0.434 e. The number of rotatable bonds is 2. The standard InChI is InChI=1S/C17H29N3O6/c1-10-8-11(20(24)15(23)26-17(5,6)7)9-19(12(10)13(18)21)14(22)25-16(2,3)4/h8,11-12,24H,9H2,1-7H3,(H2,18,21). The second-order valence-electron chi connectivity index (χ2n) is 8.24. The van der Waals surface area contributed by atoms with Crippen molar-refractivity contribution in [1.29, 1.82) is 0 Å². The topological polar surface area (TPSA) is 122 Å². The second kappa shape index (κ2) is 7.53. The Hall–Kier alpha value is -2.29. The van der Waals surface area contributed by atoms with E-state index in [9.17, 15) is 19.6 Å². The largest absolute Gasteiger partial charge is 0.444 e. The molecular formula is C17H29N3O6. The molecule has 3 amide bonds. The minimum Gasteiger partial charge on any atom is -0.444 e. The van der Waals surface area contributed by atoms with Crippen LogP contribution < -0.4 is 5.73 Å². The first-order valence-electron chi connectivity index (χ1n) is 8.30. The molecule has 9 heteroatoms. The Morgan fingerprint density at radius 2 is 1.65 bits per heavy atom. The lowest BCUT2D eigenvalue weighted by atomic mass is 9.98. The fraction of sp³-hybridized carbons (Fsp3) is 0.706. The summed E-state index contributed by atoms with van der Waals surface area (Å²) in [6.07, 6.45) is -0.232. The van der Waals surface area contributed by atoms with Crippen molar-refractivity contribution in [2.24, 2.45) is 5.73 Å². The SMILES string of the molecule is CC1=CC(N(O)C(=O)OC(C)(C)C)CN(C(=O)OC(C)(C)C)C1C(N)=O. The predicted octanol–water partition coefficient (Wildman–Crippen LogP) is 2.03. The maximum Gasteiger partial charge on any atom is 0.434 e. The van der Waals surface area contributed by atoms with Crippen molar-refractivity contribution in [2.45, 2.75) is 71.8 Å². The van der Waals surface area contributed by atoms with E-state index in [0.29, 0.717) is 10.6 Å². The Kier molecular flexibility index (Phi) is 6.30. The van der Waals surface area contributed by atoms with Crippen LogP contribution in [0, 0.1) is 0 Å². The van der Waals surface area contributed by atoms with Gasteiger partial charge in [0.15, 0.2) is 0 Å². The summed E-state index contributed by atoms with van der Waals surface area (Å²) in [5, 5.41) is 10.6. The van der Waals surface area contributed by atoms with E-state index in [4.69, 9.17) is 15.2 Å². The Morgan fingerprint density at radius 1 is 1.15 bits per heavy atom. The highest BCUT2D eigenvalue weighted by Crippen LogP contribution is 2.24. The summed E-state index contributed by atoms with van der Waals surface area (Å²) in [5.41, 5.74) is 4.25. The lowest BCUT2D eigenvalue weighted by Crippen LogP contribution is -2.58. The molecule has 1 rings (SSSR count). The maximum atomic E-state index is 12.5. The molecule has 0 saturated heterocycles. The molecule has 1 aliphatic rings. The number of hydroxylamine groups is 2. The first-order valence-corrected chi connectivity index (χ1v) is 8.30. The summed E-state index contributed by atoms with van der Waals surface area (Å²) in [7, 11) is 0. The third-order valence-corrected chi connectivity index (χ3v) is 3.37. The van der Waals surface area contributed by atoms with Crippen molar-refractivity contribution in [3.63, 3.8) is 0 Å². The molecule has 0 aromatic heterocycles. The minimum atomic E-state index is -1.02. The van der Waals surface area contributed by atoms with Gasteiger partial charge in [-0.15, -0.1) is 0 Å². The molecule has 148 valence electrons. The van der Waals surface area contributed by atoms with Gasteiger partial charge in [-0.3, -0.25) is 14.9 Å². The van der Waals surface area contributed by atoms with Crippen molar-refractivity contribution in [2.75, 3.05) is 6.54 Å². The molecular weight excluding hydrogens is 342 g/mol. The molecule has 2 atom stereocenters. The van der Waals surface area contributed by atoms with Crippen LogP contribution in [0.4, 0.5) is 9.59 Å². The number of amides is 3. The highest BCUT2D eigenvalue weighted by molar-refractivity contribution is 5.88. The van der Waals surface area contributed by atoms with Gasteiger partial charge in [0.05, 0.1) is 12.6 Å². The van der Waals surface area contributed by atoms with E-state index in [1.54, 1.807) is 48.5 Å². The number of nitrogens with zero attached hydrogens (tertiary/aromatic N) is 2. The number of carbonyl (C=O) groups excluding carboxylic acids is 3. The van der Waals surface area contributed by atoms with Gasteiger partial charge in [0, 0.05) is 0 Å². The van der Waals surface area contributed by atoms with Gasteiger partial charge in [-0.25, -0.2) is 9.59 Å². The molecule has 0 radical (unpaired) electrons. The van der Waals surface area contributed by atoms with Crippen molar-refractivity contribution in [3.05, 3.63) is 11.6 Å². The van der Waals surface area contributed by atoms with Gasteiger partial charge < -0.3 is 15.2 Å². The molecule has 0 bridgehead atoms. The molecule has 1 aliphatic heterocycles. The number of ether oxygens (including phenoxy) is 2. The number of hydrogen-bond donors (Lipinski definition) is 2. The van der Waals surface area contributed by atoms with Crippen molar-refractivity contribution in [3.8, 4) is 0 Å². The summed E-state index contributed by atoms with van der Waals surface area (Å²) in [6.45, 7) is 11.5. The van der Waals surface area contributed by atoms with Gasteiger partial charge >= 0.3 is 12.2 Å². The first-order chi connectivity index (χ1) is 11.6. The van der Waals surface area contributed by atoms with Crippen LogP contribution >= 0.6 is 0 Å². The number of carbonyl (C=O) groups is 3. The average Bonchev–Trinajstić information content (AvgIpc) is 2.41. The fourth-order valence-corrected chi connectivity index (χ4v) is 2.47. The van der Waals surface area contributed by atoms with E-state index in [1.807, 2.05) is 0 Å².